The molecular formula is C16H26N2O2S. The van der Waals surface area contributed by atoms with Gasteiger partial charge in [0.15, 0.2) is 0 Å². The fourth-order valence-electron chi connectivity index (χ4n) is 2.15. The molecule has 5 heteroatoms. The maximum Gasteiger partial charge on any atom is 0.241 e. The van der Waals surface area contributed by atoms with Gasteiger partial charge in [0.2, 0.25) is 10.0 Å². The van der Waals surface area contributed by atoms with Crippen molar-refractivity contribution in [3.8, 4) is 0 Å². The Morgan fingerprint density at radius 2 is 1.90 bits per heavy atom. The second-order valence-corrected chi connectivity index (χ2v) is 7.86. The Hall–Kier alpha value is -0.910. The van der Waals surface area contributed by atoms with Gasteiger partial charge < -0.3 is 5.32 Å². The van der Waals surface area contributed by atoms with Gasteiger partial charge in [-0.2, -0.15) is 0 Å². The Morgan fingerprint density at radius 3 is 2.48 bits per heavy atom. The van der Waals surface area contributed by atoms with Crippen LogP contribution in [0.5, 0.6) is 0 Å². The van der Waals surface area contributed by atoms with E-state index >= 15 is 0 Å². The molecule has 118 valence electrons. The summed E-state index contributed by atoms with van der Waals surface area (Å²) in [5.41, 5.74) is 0.626. The molecule has 4 nitrogen and oxygen atoms in total. The first-order chi connectivity index (χ1) is 9.88. The lowest BCUT2D eigenvalue weighted by molar-refractivity contribution is 0.388. The lowest BCUT2D eigenvalue weighted by atomic mass is 9.98. The predicted octanol–water partition coefficient (Wildman–Crippen LogP) is 2.80. The smallest absolute Gasteiger partial charge is 0.241 e. The first kappa shape index (κ1) is 16.5. The van der Waals surface area contributed by atoms with Gasteiger partial charge in [0, 0.05) is 18.1 Å². The van der Waals surface area contributed by atoms with Crippen molar-refractivity contribution in [3.05, 3.63) is 29.8 Å². The molecule has 1 saturated carbocycles. The molecule has 21 heavy (non-hydrogen) atoms. The van der Waals surface area contributed by atoms with E-state index in [1.165, 1.54) is 12.8 Å². The minimum atomic E-state index is -3.47. The molecule has 1 fully saturated rings. The van der Waals surface area contributed by atoms with E-state index in [-0.39, 0.29) is 5.54 Å². The number of benzene rings is 1. The lowest BCUT2D eigenvalue weighted by Gasteiger charge is -2.27. The zero-order chi connectivity index (χ0) is 15.5. The highest BCUT2D eigenvalue weighted by molar-refractivity contribution is 7.89. The van der Waals surface area contributed by atoms with Gasteiger partial charge in [-0.05, 0) is 50.3 Å². The average Bonchev–Trinajstić information content (AvgIpc) is 3.29. The predicted molar refractivity (Wildman–Crippen MR) is 85.6 cm³/mol. The summed E-state index contributed by atoms with van der Waals surface area (Å²) < 4.78 is 27.9. The Labute approximate surface area is 128 Å². The number of nitrogens with one attached hydrogen (secondary N) is 2. The van der Waals surface area contributed by atoms with Gasteiger partial charge in [-0.25, -0.2) is 13.1 Å². The van der Waals surface area contributed by atoms with Crippen molar-refractivity contribution >= 4 is 10.0 Å². The van der Waals surface area contributed by atoms with E-state index in [2.05, 4.69) is 10.0 Å². The summed E-state index contributed by atoms with van der Waals surface area (Å²) in [5.74, 6) is 0. The van der Waals surface area contributed by atoms with Crippen molar-refractivity contribution in [3.63, 3.8) is 0 Å². The highest BCUT2D eigenvalue weighted by Crippen LogP contribution is 2.21. The Bertz CT molecular complexity index is 576. The summed E-state index contributed by atoms with van der Waals surface area (Å²) in [7, 11) is -3.47. The van der Waals surface area contributed by atoms with Crippen LogP contribution in [0.25, 0.3) is 0 Å². The summed E-state index contributed by atoms with van der Waals surface area (Å²) >= 11 is 0. The number of rotatable bonds is 8. The maximum atomic E-state index is 12.5. The average molecular weight is 310 g/mol. The summed E-state index contributed by atoms with van der Waals surface area (Å²) in [6.07, 6.45) is 3.99. The van der Waals surface area contributed by atoms with E-state index in [9.17, 15) is 8.42 Å². The largest absolute Gasteiger partial charge is 0.310 e. The molecule has 0 aromatic heterocycles. The van der Waals surface area contributed by atoms with Crippen LogP contribution in [0.3, 0.4) is 0 Å². The molecule has 0 atom stereocenters. The first-order valence-electron chi connectivity index (χ1n) is 7.75. The van der Waals surface area contributed by atoms with Crippen LogP contribution in [0.15, 0.2) is 29.2 Å². The molecule has 1 aliphatic rings. The molecule has 2 rings (SSSR count). The Balaban J connectivity index is 2.13. The van der Waals surface area contributed by atoms with Gasteiger partial charge >= 0.3 is 0 Å². The molecular weight excluding hydrogens is 284 g/mol. The molecule has 0 aliphatic heterocycles. The van der Waals surface area contributed by atoms with Gasteiger partial charge in [0.25, 0.3) is 0 Å². The highest BCUT2D eigenvalue weighted by atomic mass is 32.2. The van der Waals surface area contributed by atoms with Crippen molar-refractivity contribution in [1.29, 1.82) is 0 Å². The molecule has 0 amide bonds. The van der Waals surface area contributed by atoms with Crippen LogP contribution < -0.4 is 10.0 Å². The van der Waals surface area contributed by atoms with Crippen LogP contribution in [0, 0.1) is 0 Å². The van der Waals surface area contributed by atoms with E-state index < -0.39 is 10.0 Å². The van der Waals surface area contributed by atoms with E-state index in [0.29, 0.717) is 10.9 Å². The summed E-state index contributed by atoms with van der Waals surface area (Å²) in [6.45, 7) is 6.68. The molecule has 0 spiro atoms. The normalized spacial score (nSPS) is 16.1. The Morgan fingerprint density at radius 1 is 1.24 bits per heavy atom. The minimum absolute atomic E-state index is 0.353. The van der Waals surface area contributed by atoms with Gasteiger partial charge in [0.05, 0.1) is 4.90 Å². The quantitative estimate of drug-likeness (QED) is 0.776. The highest BCUT2D eigenvalue weighted by Gasteiger charge is 2.27. The second kappa shape index (κ2) is 6.46. The molecule has 1 aliphatic carbocycles. The van der Waals surface area contributed by atoms with E-state index in [0.717, 1.165) is 24.9 Å². The lowest BCUT2D eigenvalue weighted by Crippen LogP contribution is -2.44. The first-order valence-corrected chi connectivity index (χ1v) is 9.23. The summed E-state index contributed by atoms with van der Waals surface area (Å²) in [4.78, 5) is 0.353. The van der Waals surface area contributed by atoms with Gasteiger partial charge in [-0.1, -0.05) is 26.0 Å². The molecule has 1 aromatic carbocycles. The van der Waals surface area contributed by atoms with Gasteiger partial charge in [-0.15, -0.1) is 0 Å². The molecule has 0 saturated heterocycles. The molecule has 0 unspecified atom stereocenters. The fourth-order valence-corrected chi connectivity index (χ4v) is 3.77. The standard InChI is InChI=1S/C16H26N2O2S/c1-4-16(3,5-2)18-21(19,20)15-8-6-7-13(11-15)12-17-14-9-10-14/h6-8,11,14,17-18H,4-5,9-10,12H2,1-3H3. The summed E-state index contributed by atoms with van der Waals surface area (Å²) in [5, 5.41) is 3.41. The van der Waals surface area contributed by atoms with Crippen molar-refractivity contribution < 1.29 is 8.42 Å². The van der Waals surface area contributed by atoms with Crippen molar-refractivity contribution in [2.24, 2.45) is 0 Å². The van der Waals surface area contributed by atoms with Crippen LogP contribution in [0.1, 0.15) is 52.0 Å². The zero-order valence-corrected chi connectivity index (χ0v) is 14.0. The maximum absolute atomic E-state index is 12.5. The third-order valence-electron chi connectivity index (χ3n) is 4.32. The molecule has 1 aromatic rings. The topological polar surface area (TPSA) is 58.2 Å². The number of hydrogen-bond donors (Lipinski definition) is 2. The van der Waals surface area contributed by atoms with Crippen molar-refractivity contribution in [2.75, 3.05) is 0 Å². The van der Waals surface area contributed by atoms with Crippen LogP contribution >= 0.6 is 0 Å². The molecule has 0 bridgehead atoms. The zero-order valence-electron chi connectivity index (χ0n) is 13.1. The monoisotopic (exact) mass is 310 g/mol. The molecule has 2 N–H and O–H groups in total. The van der Waals surface area contributed by atoms with Crippen LogP contribution in [0.4, 0.5) is 0 Å². The fraction of sp³-hybridized carbons (Fsp3) is 0.625. The van der Waals surface area contributed by atoms with E-state index in [1.807, 2.05) is 32.9 Å². The van der Waals surface area contributed by atoms with Crippen molar-refractivity contribution in [2.45, 2.75) is 69.5 Å². The van der Waals surface area contributed by atoms with Crippen LogP contribution in [0.2, 0.25) is 0 Å². The third kappa shape index (κ3) is 4.53. The molecule has 0 heterocycles. The van der Waals surface area contributed by atoms with Crippen LogP contribution in [-0.2, 0) is 16.6 Å². The van der Waals surface area contributed by atoms with Gasteiger partial charge in [-0.3, -0.25) is 0 Å². The Kier molecular flexibility index (Phi) is 5.07. The van der Waals surface area contributed by atoms with Crippen molar-refractivity contribution in [1.82, 2.24) is 10.0 Å². The van der Waals surface area contributed by atoms with Crippen LogP contribution in [-0.4, -0.2) is 20.0 Å². The number of hydrogen-bond acceptors (Lipinski definition) is 3. The van der Waals surface area contributed by atoms with Gasteiger partial charge in [0.1, 0.15) is 0 Å². The van der Waals surface area contributed by atoms with E-state index in [1.54, 1.807) is 12.1 Å². The minimum Gasteiger partial charge on any atom is -0.310 e. The summed E-state index contributed by atoms with van der Waals surface area (Å²) in [6, 6.07) is 7.82. The number of sulfonamides is 1. The third-order valence-corrected chi connectivity index (χ3v) is 5.96. The SMILES string of the molecule is CCC(C)(CC)NS(=O)(=O)c1cccc(CNC2CC2)c1. The second-order valence-electron chi connectivity index (χ2n) is 6.18. The van der Waals surface area contributed by atoms with E-state index in [4.69, 9.17) is 0 Å². The molecule has 0 radical (unpaired) electrons.